The third-order valence-electron chi connectivity index (χ3n) is 8.30. The van der Waals surface area contributed by atoms with Crippen LogP contribution < -0.4 is 30.2 Å². The smallest absolute Gasteiger partial charge is 0.251 e. The molecular weight excluding hydrogens is 586 g/mol. The highest BCUT2D eigenvalue weighted by atomic mass is 16.5. The molecule has 0 saturated heterocycles. The molecule has 0 aromatic heterocycles. The van der Waals surface area contributed by atoms with E-state index in [1.165, 1.54) is 32.7 Å². The molecule has 5 rings (SSSR count). The van der Waals surface area contributed by atoms with Gasteiger partial charge in [0.1, 0.15) is 0 Å². The number of nitrogens with one attached hydrogen (secondary N) is 3. The van der Waals surface area contributed by atoms with Gasteiger partial charge in [0.25, 0.3) is 5.91 Å². The van der Waals surface area contributed by atoms with Gasteiger partial charge in [-0.3, -0.25) is 4.79 Å². The minimum Gasteiger partial charge on any atom is -0.490 e. The molecule has 0 aliphatic rings. The first kappa shape index (κ1) is 33.8. The maximum atomic E-state index is 14.0. The molecule has 0 spiro atoms. The molecule has 0 aliphatic heterocycles. The number of fused-ring (bicyclic) bond motifs is 2. The van der Waals surface area contributed by atoms with E-state index in [9.17, 15) is 4.79 Å². The lowest BCUT2D eigenvalue weighted by molar-refractivity contribution is 0.0934. The third kappa shape index (κ3) is 8.61. The van der Waals surface area contributed by atoms with Crippen LogP contribution in [0.3, 0.4) is 0 Å². The maximum Gasteiger partial charge on any atom is 0.251 e. The summed E-state index contributed by atoms with van der Waals surface area (Å²) < 4.78 is 17.7. The van der Waals surface area contributed by atoms with Gasteiger partial charge in [-0.05, 0) is 85.5 Å². The molecule has 246 valence electrons. The Morgan fingerprint density at radius 3 is 1.68 bits per heavy atom. The van der Waals surface area contributed by atoms with Gasteiger partial charge in [-0.1, -0.05) is 84.9 Å². The fraction of sp³-hybridized carbons (Fsp3) is 0.325. The predicted molar refractivity (Wildman–Crippen MR) is 192 cm³/mol. The largest absolute Gasteiger partial charge is 0.490 e. The Kier molecular flexibility index (Phi) is 12.1. The van der Waals surface area contributed by atoms with Crippen LogP contribution in [0.4, 0.5) is 0 Å². The number of hydrogen-bond acceptors (Lipinski definition) is 6. The molecular formula is C40H47N3O4. The van der Waals surface area contributed by atoms with Gasteiger partial charge in [0.05, 0.1) is 19.8 Å². The van der Waals surface area contributed by atoms with E-state index in [2.05, 4.69) is 101 Å². The van der Waals surface area contributed by atoms with Crippen molar-refractivity contribution in [1.29, 1.82) is 0 Å². The monoisotopic (exact) mass is 633 g/mol. The molecule has 47 heavy (non-hydrogen) atoms. The number of likely N-dealkylation sites (N-methyl/N-ethyl adjacent to an activating group) is 1. The van der Waals surface area contributed by atoms with Crippen LogP contribution in [0.1, 0.15) is 42.3 Å². The molecule has 7 nitrogen and oxygen atoms in total. The van der Waals surface area contributed by atoms with E-state index in [0.717, 1.165) is 13.0 Å². The molecule has 0 aliphatic carbocycles. The Morgan fingerprint density at radius 1 is 0.638 bits per heavy atom. The van der Waals surface area contributed by atoms with Crippen LogP contribution in [0, 0.1) is 0 Å². The zero-order valence-corrected chi connectivity index (χ0v) is 28.0. The first-order valence-electron chi connectivity index (χ1n) is 16.7. The molecule has 5 aromatic carbocycles. The lowest BCUT2D eigenvalue weighted by Crippen LogP contribution is -2.48. The SMILES string of the molecule is CCOc1cc(C(=O)N[C@@H](CN[C@H](CNC)Cc2cccc3ccccc23)Cc2cccc3ccccc23)cc(OCC)c1OCC. The van der Waals surface area contributed by atoms with Gasteiger partial charge in [-0.2, -0.15) is 0 Å². The van der Waals surface area contributed by atoms with Gasteiger partial charge >= 0.3 is 0 Å². The number of ether oxygens (including phenoxy) is 3. The van der Waals surface area contributed by atoms with Crippen LogP contribution >= 0.6 is 0 Å². The highest BCUT2D eigenvalue weighted by Gasteiger charge is 2.22. The second kappa shape index (κ2) is 16.8. The quantitative estimate of drug-likeness (QED) is 0.103. The third-order valence-corrected chi connectivity index (χ3v) is 8.30. The summed E-state index contributed by atoms with van der Waals surface area (Å²) in [5, 5.41) is 15.4. The second-order valence-corrected chi connectivity index (χ2v) is 11.6. The zero-order chi connectivity index (χ0) is 33.0. The summed E-state index contributed by atoms with van der Waals surface area (Å²) >= 11 is 0. The van der Waals surface area contributed by atoms with Crippen LogP contribution in [-0.2, 0) is 12.8 Å². The average Bonchev–Trinajstić information content (AvgIpc) is 3.09. The zero-order valence-electron chi connectivity index (χ0n) is 28.0. The number of rotatable bonds is 17. The van der Waals surface area contributed by atoms with Crippen molar-refractivity contribution in [2.45, 2.75) is 45.7 Å². The molecule has 0 fully saturated rings. The lowest BCUT2D eigenvalue weighted by atomic mass is 9.97. The van der Waals surface area contributed by atoms with Crippen molar-refractivity contribution in [2.75, 3.05) is 40.0 Å². The van der Waals surface area contributed by atoms with Crippen LogP contribution in [0.25, 0.3) is 21.5 Å². The Labute approximate surface area is 278 Å². The topological polar surface area (TPSA) is 80.9 Å². The van der Waals surface area contributed by atoms with Crippen LogP contribution in [-0.4, -0.2) is 57.9 Å². The predicted octanol–water partition coefficient (Wildman–Crippen LogP) is 6.95. The standard InChI is InChI=1S/C40H47N3O4/c1-5-45-37-24-32(25-38(46-6-2)39(37)47-7-3)40(44)43-34(23-31-19-13-17-29-15-9-11-21-36(29)31)27-42-33(26-41-4)22-30-18-12-16-28-14-8-10-20-35(28)30/h8-21,24-25,33-34,41-42H,5-7,22-23,26-27H2,1-4H3,(H,43,44)/t33-,34+/m0/s1. The van der Waals surface area contributed by atoms with E-state index in [1.807, 2.05) is 27.8 Å². The van der Waals surface area contributed by atoms with E-state index in [-0.39, 0.29) is 18.0 Å². The fourth-order valence-corrected chi connectivity index (χ4v) is 6.21. The van der Waals surface area contributed by atoms with Crippen molar-refractivity contribution in [3.8, 4) is 17.2 Å². The molecule has 0 unspecified atom stereocenters. The normalized spacial score (nSPS) is 12.5. The summed E-state index contributed by atoms with van der Waals surface area (Å²) in [6.07, 6.45) is 1.51. The van der Waals surface area contributed by atoms with E-state index in [4.69, 9.17) is 14.2 Å². The van der Waals surface area contributed by atoms with Crippen molar-refractivity contribution in [2.24, 2.45) is 0 Å². The molecule has 5 aromatic rings. The van der Waals surface area contributed by atoms with Crippen molar-refractivity contribution < 1.29 is 19.0 Å². The molecule has 3 N–H and O–H groups in total. The van der Waals surface area contributed by atoms with Gasteiger partial charge in [0.2, 0.25) is 5.75 Å². The van der Waals surface area contributed by atoms with Gasteiger partial charge in [-0.25, -0.2) is 0 Å². The van der Waals surface area contributed by atoms with Crippen LogP contribution in [0.15, 0.2) is 97.1 Å². The molecule has 0 radical (unpaired) electrons. The summed E-state index contributed by atoms with van der Waals surface area (Å²) in [6.45, 7) is 8.44. The first-order chi connectivity index (χ1) is 23.0. The Bertz CT molecular complexity index is 1730. The van der Waals surface area contributed by atoms with E-state index in [1.54, 1.807) is 12.1 Å². The molecule has 0 heterocycles. The molecule has 0 saturated carbocycles. The summed E-state index contributed by atoms with van der Waals surface area (Å²) in [4.78, 5) is 14.0. The minimum absolute atomic E-state index is 0.150. The van der Waals surface area contributed by atoms with Gasteiger partial charge in [-0.15, -0.1) is 0 Å². The second-order valence-electron chi connectivity index (χ2n) is 11.6. The minimum atomic E-state index is -0.196. The van der Waals surface area contributed by atoms with Crippen LogP contribution in [0.5, 0.6) is 17.2 Å². The molecule has 0 bridgehead atoms. The molecule has 7 heteroatoms. The number of amides is 1. The number of hydrogen-bond donors (Lipinski definition) is 3. The van der Waals surface area contributed by atoms with Crippen molar-refractivity contribution in [3.63, 3.8) is 0 Å². The number of carbonyl (C=O) groups excluding carboxylic acids is 1. The van der Waals surface area contributed by atoms with Crippen molar-refractivity contribution in [3.05, 3.63) is 114 Å². The van der Waals surface area contributed by atoms with Crippen molar-refractivity contribution >= 4 is 27.5 Å². The van der Waals surface area contributed by atoms with Crippen molar-refractivity contribution in [1.82, 2.24) is 16.0 Å². The van der Waals surface area contributed by atoms with E-state index in [0.29, 0.717) is 55.6 Å². The Balaban J connectivity index is 1.43. The summed E-state index contributed by atoms with van der Waals surface area (Å²) in [5.41, 5.74) is 2.95. The lowest BCUT2D eigenvalue weighted by Gasteiger charge is -2.25. The summed E-state index contributed by atoms with van der Waals surface area (Å²) in [5.74, 6) is 1.32. The highest BCUT2D eigenvalue weighted by Crippen LogP contribution is 2.39. The summed E-state index contributed by atoms with van der Waals surface area (Å²) in [6, 6.07) is 33.2. The Hall–Kier alpha value is -4.59. The average molecular weight is 634 g/mol. The first-order valence-corrected chi connectivity index (χ1v) is 16.7. The number of carbonyl (C=O) groups is 1. The summed E-state index contributed by atoms with van der Waals surface area (Å²) in [7, 11) is 1.98. The van der Waals surface area contributed by atoms with E-state index >= 15 is 0 Å². The molecule has 1 amide bonds. The molecule has 2 atom stereocenters. The Morgan fingerprint density at radius 2 is 1.15 bits per heavy atom. The maximum absolute atomic E-state index is 14.0. The van der Waals surface area contributed by atoms with Gasteiger partial charge < -0.3 is 30.2 Å². The van der Waals surface area contributed by atoms with Crippen LogP contribution in [0.2, 0.25) is 0 Å². The van der Waals surface area contributed by atoms with Gasteiger partial charge in [0, 0.05) is 30.7 Å². The van der Waals surface area contributed by atoms with E-state index < -0.39 is 0 Å². The van der Waals surface area contributed by atoms with Gasteiger partial charge in [0.15, 0.2) is 11.5 Å². The highest BCUT2D eigenvalue weighted by molar-refractivity contribution is 5.96. The number of benzene rings is 5. The fourth-order valence-electron chi connectivity index (χ4n) is 6.21.